The number of allylic oxidation sites excluding steroid dienone is 1. The second-order valence-electron chi connectivity index (χ2n) is 9.29. The lowest BCUT2D eigenvalue weighted by Gasteiger charge is -2.22. The first-order chi connectivity index (χ1) is 17.6. The van der Waals surface area contributed by atoms with Crippen LogP contribution in [0.2, 0.25) is 0 Å². The van der Waals surface area contributed by atoms with E-state index in [9.17, 15) is 9.59 Å². The summed E-state index contributed by atoms with van der Waals surface area (Å²) in [7, 11) is 0. The third-order valence-electron chi connectivity index (χ3n) is 4.48. The van der Waals surface area contributed by atoms with Gasteiger partial charge in [0.15, 0.2) is 6.61 Å². The molecule has 3 N–H and O–H groups in total. The van der Waals surface area contributed by atoms with Crippen LogP contribution in [0.5, 0.6) is 5.75 Å². The fourth-order valence-corrected chi connectivity index (χ4v) is 3.01. The first-order valence-corrected chi connectivity index (χ1v) is 12.1. The molecule has 1 amide bonds. The molecule has 0 radical (unpaired) electrons. The normalized spacial score (nSPS) is 10.8. The van der Waals surface area contributed by atoms with Gasteiger partial charge in [0.1, 0.15) is 5.75 Å². The fraction of sp³-hybridized carbons (Fsp3) is 0.267. The molecule has 7 heteroatoms. The van der Waals surface area contributed by atoms with Gasteiger partial charge in [-0.05, 0) is 75.6 Å². The van der Waals surface area contributed by atoms with Gasteiger partial charge in [-0.1, -0.05) is 60.7 Å². The zero-order chi connectivity index (χ0) is 27.1. The summed E-state index contributed by atoms with van der Waals surface area (Å²) in [6, 6.07) is 26.0. The summed E-state index contributed by atoms with van der Waals surface area (Å²) in [4.78, 5) is 24.9. The highest BCUT2D eigenvalue weighted by Gasteiger charge is 2.18. The fourth-order valence-electron chi connectivity index (χ4n) is 3.01. The lowest BCUT2D eigenvalue weighted by Crippen LogP contribution is -2.27. The molecular weight excluding hydrogens is 468 g/mol. The lowest BCUT2D eigenvalue weighted by molar-refractivity contribution is -0.139. The van der Waals surface area contributed by atoms with Crippen molar-refractivity contribution in [2.45, 2.75) is 39.2 Å². The maximum absolute atomic E-state index is 12.8. The molecule has 0 aromatic heterocycles. The molecule has 37 heavy (non-hydrogen) atoms. The van der Waals surface area contributed by atoms with Crippen molar-refractivity contribution in [3.05, 3.63) is 96.6 Å². The molecule has 0 bridgehead atoms. The minimum absolute atomic E-state index is 0. The number of rotatable bonds is 10. The van der Waals surface area contributed by atoms with Gasteiger partial charge in [0.2, 0.25) is 0 Å². The molecule has 3 aromatic carbocycles. The minimum Gasteiger partial charge on any atom is -0.482 e. The Labute approximate surface area is 219 Å². The average molecular weight is 505 g/mol. The summed E-state index contributed by atoms with van der Waals surface area (Å²) in [6.07, 6.45) is 4.89. The van der Waals surface area contributed by atoms with Gasteiger partial charge < -0.3 is 20.3 Å². The average Bonchev–Trinajstić information content (AvgIpc) is 2.86. The van der Waals surface area contributed by atoms with E-state index in [1.165, 1.54) is 0 Å². The number of aliphatic carboxylic acids is 1. The summed E-state index contributed by atoms with van der Waals surface area (Å²) in [5.74, 6) is -0.510. The molecule has 0 saturated carbocycles. The molecule has 7 nitrogen and oxygen atoms in total. The standard InChI is InChI=1S/C26H25NO5.C4H11N/c28-25(29)20-32-24-17-10-12-21(19-24)11-4-3-9-18-31-26(30)27(22-13-5-1-6-14-22)23-15-7-2-8-16-23;1-4(2,3)5/h1-2,4-8,10-17,19H,3,9,18,20H2,(H,28,29);5H2,1-3H3. The van der Waals surface area contributed by atoms with E-state index in [1.807, 2.05) is 99.7 Å². The van der Waals surface area contributed by atoms with Gasteiger partial charge in [0.25, 0.3) is 0 Å². The third-order valence-corrected chi connectivity index (χ3v) is 4.48. The molecule has 196 valence electrons. The van der Waals surface area contributed by atoms with Crippen LogP contribution in [-0.4, -0.2) is 35.9 Å². The monoisotopic (exact) mass is 504 g/mol. The van der Waals surface area contributed by atoms with E-state index in [0.29, 0.717) is 18.8 Å². The number of carboxylic acid groups (broad SMARTS) is 1. The van der Waals surface area contributed by atoms with Crippen molar-refractivity contribution in [3.8, 4) is 5.75 Å². The number of carbonyl (C=O) groups is 2. The number of nitrogens with zero attached hydrogens (tertiary/aromatic N) is 1. The quantitative estimate of drug-likeness (QED) is 0.299. The van der Waals surface area contributed by atoms with Crippen molar-refractivity contribution in [1.82, 2.24) is 0 Å². The van der Waals surface area contributed by atoms with E-state index in [4.69, 9.17) is 20.3 Å². The first kappa shape index (κ1) is 29.1. The number of carboxylic acids is 1. The van der Waals surface area contributed by atoms with E-state index >= 15 is 0 Å². The SMILES string of the molecule is CC(C)(C)N.O=C(O)COc1cccc(C=CCCCOC(=O)N(c2ccccc2)c2ccccc2)c1. The van der Waals surface area contributed by atoms with Gasteiger partial charge in [-0.2, -0.15) is 0 Å². The predicted octanol–water partition coefficient (Wildman–Crippen LogP) is 6.66. The molecule has 0 unspecified atom stereocenters. The topological polar surface area (TPSA) is 102 Å². The van der Waals surface area contributed by atoms with Gasteiger partial charge in [0.05, 0.1) is 18.0 Å². The van der Waals surface area contributed by atoms with Gasteiger partial charge in [-0.3, -0.25) is 0 Å². The predicted molar refractivity (Wildman–Crippen MR) is 148 cm³/mol. The molecule has 0 atom stereocenters. The van der Waals surface area contributed by atoms with Gasteiger partial charge in [-0.15, -0.1) is 0 Å². The summed E-state index contributed by atoms with van der Waals surface area (Å²) in [5.41, 5.74) is 7.75. The van der Waals surface area contributed by atoms with Crippen LogP contribution in [0.4, 0.5) is 16.2 Å². The van der Waals surface area contributed by atoms with Crippen molar-refractivity contribution in [3.63, 3.8) is 0 Å². The molecule has 0 aliphatic carbocycles. The van der Waals surface area contributed by atoms with Crippen molar-refractivity contribution in [1.29, 1.82) is 0 Å². The summed E-state index contributed by atoms with van der Waals surface area (Å²) >= 11 is 0. The number of amides is 1. The molecule has 0 fully saturated rings. The number of carbonyl (C=O) groups excluding carboxylic acids is 1. The highest BCUT2D eigenvalue weighted by molar-refractivity contribution is 5.95. The summed E-state index contributed by atoms with van der Waals surface area (Å²) in [5, 5.41) is 8.69. The van der Waals surface area contributed by atoms with E-state index in [1.54, 1.807) is 23.1 Å². The number of nitrogens with two attached hydrogens (primary N) is 1. The second kappa shape index (κ2) is 15.1. The number of ether oxygens (including phenoxy) is 2. The van der Waals surface area contributed by atoms with Crippen LogP contribution in [0.25, 0.3) is 6.08 Å². The lowest BCUT2D eigenvalue weighted by atomic mass is 10.1. The van der Waals surface area contributed by atoms with Crippen LogP contribution < -0.4 is 15.4 Å². The smallest absolute Gasteiger partial charge is 0.418 e. The third kappa shape index (κ3) is 12.4. The molecule has 0 spiro atoms. The number of unbranched alkanes of at least 4 members (excludes halogenated alkanes) is 1. The summed E-state index contributed by atoms with van der Waals surface area (Å²) < 4.78 is 10.7. The maximum atomic E-state index is 12.8. The number of para-hydroxylation sites is 2. The van der Waals surface area contributed by atoms with Crippen molar-refractivity contribution in [2.24, 2.45) is 5.73 Å². The first-order valence-electron chi connectivity index (χ1n) is 12.1. The van der Waals surface area contributed by atoms with Gasteiger partial charge >= 0.3 is 12.1 Å². The van der Waals surface area contributed by atoms with Gasteiger partial charge in [0, 0.05) is 5.54 Å². The van der Waals surface area contributed by atoms with Crippen LogP contribution in [0.1, 0.15) is 39.2 Å². The van der Waals surface area contributed by atoms with E-state index < -0.39 is 12.1 Å². The van der Waals surface area contributed by atoms with Crippen molar-refractivity contribution < 1.29 is 24.2 Å². The number of hydrogen-bond acceptors (Lipinski definition) is 5. The number of hydrogen-bond donors (Lipinski definition) is 2. The Hall–Kier alpha value is -4.10. The Morgan fingerprint density at radius 1 is 0.919 bits per heavy atom. The maximum Gasteiger partial charge on any atom is 0.418 e. The van der Waals surface area contributed by atoms with Crippen LogP contribution in [0.3, 0.4) is 0 Å². The van der Waals surface area contributed by atoms with Crippen LogP contribution in [0.15, 0.2) is 91.0 Å². The zero-order valence-corrected chi connectivity index (χ0v) is 21.7. The molecular formula is C30H36N2O5. The minimum atomic E-state index is -1.02. The summed E-state index contributed by atoms with van der Waals surface area (Å²) in [6.45, 7) is 5.82. The number of benzene rings is 3. The molecule has 0 aliphatic heterocycles. The van der Waals surface area contributed by atoms with Crippen molar-refractivity contribution in [2.75, 3.05) is 18.1 Å². The highest BCUT2D eigenvalue weighted by atomic mass is 16.6. The van der Waals surface area contributed by atoms with E-state index in [-0.39, 0.29) is 12.1 Å². The van der Waals surface area contributed by atoms with E-state index in [2.05, 4.69) is 0 Å². The molecule has 0 heterocycles. The Kier molecular flexibility index (Phi) is 11.9. The molecule has 0 saturated heterocycles. The highest BCUT2D eigenvalue weighted by Crippen LogP contribution is 2.25. The molecule has 3 rings (SSSR count). The van der Waals surface area contributed by atoms with Crippen LogP contribution >= 0.6 is 0 Å². The van der Waals surface area contributed by atoms with Crippen LogP contribution in [-0.2, 0) is 9.53 Å². The molecule has 3 aromatic rings. The van der Waals surface area contributed by atoms with Crippen LogP contribution in [0, 0.1) is 0 Å². The molecule has 0 aliphatic rings. The zero-order valence-electron chi connectivity index (χ0n) is 21.7. The Bertz CT molecular complexity index is 1080. The van der Waals surface area contributed by atoms with E-state index in [0.717, 1.165) is 23.4 Å². The Balaban J connectivity index is 0.000000877. The largest absolute Gasteiger partial charge is 0.482 e. The van der Waals surface area contributed by atoms with Gasteiger partial charge in [-0.25, -0.2) is 14.5 Å². The number of anilines is 2. The Morgan fingerprint density at radius 3 is 2.03 bits per heavy atom. The Morgan fingerprint density at radius 2 is 1.49 bits per heavy atom. The van der Waals surface area contributed by atoms with Crippen molar-refractivity contribution >= 4 is 29.5 Å². The second-order valence-corrected chi connectivity index (χ2v) is 9.29.